The molecule has 0 heterocycles. The molecule has 0 atom stereocenters. The zero-order valence-corrected chi connectivity index (χ0v) is 5.63. The first-order valence-electron chi connectivity index (χ1n) is 2.72. The summed E-state index contributed by atoms with van der Waals surface area (Å²) >= 11 is 0. The maximum atomic E-state index is 10.3. The average Bonchev–Trinajstić information content (AvgIpc) is 1.55. The molecule has 0 aliphatic heterocycles. The van der Waals surface area contributed by atoms with E-state index in [1.54, 1.807) is 0 Å². The van der Waals surface area contributed by atoms with Gasteiger partial charge in [0.2, 0.25) is 0 Å². The SMILES string of the molecule is N[C@H]1C[C@H](S(=O)(=O)O)C1. The minimum atomic E-state index is -3.78. The van der Waals surface area contributed by atoms with Crippen LogP contribution < -0.4 is 5.73 Å². The summed E-state index contributed by atoms with van der Waals surface area (Å²) in [6.45, 7) is 0. The minimum absolute atomic E-state index is 0.0306. The molecule has 5 heteroatoms. The van der Waals surface area contributed by atoms with Crippen molar-refractivity contribution in [1.29, 1.82) is 0 Å². The van der Waals surface area contributed by atoms with Crippen molar-refractivity contribution in [1.82, 2.24) is 0 Å². The maximum Gasteiger partial charge on any atom is 0.267 e. The lowest BCUT2D eigenvalue weighted by molar-refractivity contribution is 0.373. The highest BCUT2D eigenvalue weighted by molar-refractivity contribution is 7.86. The fourth-order valence-electron chi connectivity index (χ4n) is 0.850. The maximum absolute atomic E-state index is 10.3. The third-order valence-electron chi connectivity index (χ3n) is 1.55. The summed E-state index contributed by atoms with van der Waals surface area (Å²) in [6, 6.07) is -0.0306. The minimum Gasteiger partial charge on any atom is -0.328 e. The summed E-state index contributed by atoms with van der Waals surface area (Å²) in [5.74, 6) is 0. The molecule has 0 aromatic carbocycles. The Morgan fingerprint density at radius 1 is 1.44 bits per heavy atom. The van der Waals surface area contributed by atoms with Gasteiger partial charge in [0.15, 0.2) is 0 Å². The summed E-state index contributed by atoms with van der Waals surface area (Å²) in [5, 5.41) is -0.590. The Morgan fingerprint density at radius 3 is 2.00 bits per heavy atom. The first-order chi connectivity index (χ1) is 4.00. The van der Waals surface area contributed by atoms with E-state index in [4.69, 9.17) is 10.3 Å². The highest BCUT2D eigenvalue weighted by Gasteiger charge is 2.35. The molecule has 4 nitrogen and oxygen atoms in total. The normalized spacial score (nSPS) is 35.8. The van der Waals surface area contributed by atoms with E-state index in [-0.39, 0.29) is 6.04 Å². The molecular formula is C4H9NO3S. The van der Waals surface area contributed by atoms with Crippen LogP contribution in [-0.4, -0.2) is 24.3 Å². The van der Waals surface area contributed by atoms with Crippen molar-refractivity contribution in [3.63, 3.8) is 0 Å². The third-order valence-corrected chi connectivity index (χ3v) is 2.78. The number of hydrogen-bond donors (Lipinski definition) is 2. The molecule has 0 bridgehead atoms. The van der Waals surface area contributed by atoms with Crippen LogP contribution in [0.5, 0.6) is 0 Å². The Labute approximate surface area is 53.8 Å². The molecule has 0 aromatic heterocycles. The fraction of sp³-hybridized carbons (Fsp3) is 1.00. The van der Waals surface area contributed by atoms with Crippen LogP contribution in [0.25, 0.3) is 0 Å². The third kappa shape index (κ3) is 1.41. The molecule has 1 aliphatic carbocycles. The average molecular weight is 151 g/mol. The first kappa shape index (κ1) is 6.98. The van der Waals surface area contributed by atoms with Crippen molar-refractivity contribution in [2.24, 2.45) is 5.73 Å². The lowest BCUT2D eigenvalue weighted by atomic mass is 9.94. The summed E-state index contributed by atoms with van der Waals surface area (Å²) in [5.41, 5.74) is 5.29. The topological polar surface area (TPSA) is 80.4 Å². The van der Waals surface area contributed by atoms with Crippen molar-refractivity contribution in [3.05, 3.63) is 0 Å². The predicted octanol–water partition coefficient (Wildman–Crippen LogP) is -0.636. The molecule has 0 unspecified atom stereocenters. The van der Waals surface area contributed by atoms with E-state index in [1.165, 1.54) is 0 Å². The van der Waals surface area contributed by atoms with Crippen LogP contribution in [0, 0.1) is 0 Å². The predicted molar refractivity (Wildman–Crippen MR) is 32.5 cm³/mol. The smallest absolute Gasteiger partial charge is 0.267 e. The van der Waals surface area contributed by atoms with Crippen LogP contribution in [0.4, 0.5) is 0 Å². The molecule has 1 aliphatic rings. The van der Waals surface area contributed by atoms with Crippen molar-refractivity contribution in [3.8, 4) is 0 Å². The summed E-state index contributed by atoms with van der Waals surface area (Å²) in [4.78, 5) is 0. The second kappa shape index (κ2) is 1.93. The quantitative estimate of drug-likeness (QED) is 0.489. The van der Waals surface area contributed by atoms with E-state index < -0.39 is 15.4 Å². The van der Waals surface area contributed by atoms with E-state index in [9.17, 15) is 8.42 Å². The second-order valence-corrected chi connectivity index (χ2v) is 4.07. The van der Waals surface area contributed by atoms with Crippen molar-refractivity contribution >= 4 is 10.1 Å². The number of hydrogen-bond acceptors (Lipinski definition) is 3. The van der Waals surface area contributed by atoms with Crippen molar-refractivity contribution < 1.29 is 13.0 Å². The summed E-state index contributed by atoms with van der Waals surface area (Å²) in [7, 11) is -3.78. The van der Waals surface area contributed by atoms with Gasteiger partial charge in [-0.3, -0.25) is 4.55 Å². The van der Waals surface area contributed by atoms with E-state index in [0.717, 1.165) is 0 Å². The van der Waals surface area contributed by atoms with Gasteiger partial charge in [-0.2, -0.15) is 8.42 Å². The molecule has 0 radical (unpaired) electrons. The lowest BCUT2D eigenvalue weighted by Gasteiger charge is -2.29. The van der Waals surface area contributed by atoms with Crippen LogP contribution in [0.1, 0.15) is 12.8 Å². The Bertz CT molecular complexity index is 192. The van der Waals surface area contributed by atoms with Gasteiger partial charge in [0.1, 0.15) is 0 Å². The highest BCUT2D eigenvalue weighted by Crippen LogP contribution is 2.23. The largest absolute Gasteiger partial charge is 0.328 e. The van der Waals surface area contributed by atoms with Gasteiger partial charge in [-0.05, 0) is 12.8 Å². The van der Waals surface area contributed by atoms with E-state index in [1.807, 2.05) is 0 Å². The van der Waals surface area contributed by atoms with E-state index in [2.05, 4.69) is 0 Å². The van der Waals surface area contributed by atoms with Crippen molar-refractivity contribution in [2.75, 3.05) is 0 Å². The summed E-state index contributed by atoms with van der Waals surface area (Å²) in [6.07, 6.45) is 0.803. The monoisotopic (exact) mass is 151 g/mol. The van der Waals surface area contributed by atoms with Crippen LogP contribution in [-0.2, 0) is 10.1 Å². The Morgan fingerprint density at radius 2 is 1.89 bits per heavy atom. The Balaban J connectivity index is 2.51. The fourth-order valence-corrected chi connectivity index (χ4v) is 1.83. The molecule has 0 saturated heterocycles. The molecule has 54 valence electrons. The molecule has 1 fully saturated rings. The van der Waals surface area contributed by atoms with Gasteiger partial charge in [-0.25, -0.2) is 0 Å². The second-order valence-electron chi connectivity index (χ2n) is 2.37. The molecule has 1 saturated carbocycles. The Hall–Kier alpha value is -0.130. The lowest BCUT2D eigenvalue weighted by Crippen LogP contribution is -2.44. The van der Waals surface area contributed by atoms with Gasteiger partial charge in [-0.1, -0.05) is 0 Å². The molecule has 0 spiro atoms. The molecular weight excluding hydrogens is 142 g/mol. The van der Waals surface area contributed by atoms with Gasteiger partial charge < -0.3 is 5.73 Å². The van der Waals surface area contributed by atoms with Crippen LogP contribution in [0.2, 0.25) is 0 Å². The van der Waals surface area contributed by atoms with E-state index >= 15 is 0 Å². The first-order valence-corrected chi connectivity index (χ1v) is 4.22. The summed E-state index contributed by atoms with van der Waals surface area (Å²) < 4.78 is 28.9. The van der Waals surface area contributed by atoms with Gasteiger partial charge in [0, 0.05) is 6.04 Å². The molecule has 9 heavy (non-hydrogen) atoms. The number of nitrogens with two attached hydrogens (primary N) is 1. The zero-order valence-electron chi connectivity index (χ0n) is 4.82. The van der Waals surface area contributed by atoms with Crippen LogP contribution in [0.15, 0.2) is 0 Å². The van der Waals surface area contributed by atoms with E-state index in [0.29, 0.717) is 12.8 Å². The number of rotatable bonds is 1. The van der Waals surface area contributed by atoms with Crippen LogP contribution in [0.3, 0.4) is 0 Å². The van der Waals surface area contributed by atoms with Crippen molar-refractivity contribution in [2.45, 2.75) is 24.1 Å². The highest BCUT2D eigenvalue weighted by atomic mass is 32.2. The van der Waals surface area contributed by atoms with Gasteiger partial charge >= 0.3 is 0 Å². The molecule has 1 rings (SSSR count). The molecule has 0 amide bonds. The van der Waals surface area contributed by atoms with Gasteiger partial charge in [-0.15, -0.1) is 0 Å². The van der Waals surface area contributed by atoms with Gasteiger partial charge in [0.25, 0.3) is 10.1 Å². The standard InChI is InChI=1S/C4H9NO3S/c5-3-1-4(2-3)9(6,7)8/h3-4H,1-2,5H2,(H,6,7,8)/t3-,4-. The Kier molecular flexibility index (Phi) is 1.50. The van der Waals surface area contributed by atoms with Crippen LogP contribution >= 0.6 is 0 Å². The molecule has 3 N–H and O–H groups in total. The van der Waals surface area contributed by atoms with Gasteiger partial charge in [0.05, 0.1) is 5.25 Å². The zero-order chi connectivity index (χ0) is 7.07. The molecule has 0 aromatic rings.